The summed E-state index contributed by atoms with van der Waals surface area (Å²) in [4.78, 5) is 11.6. The molecule has 0 fully saturated rings. The molecule has 1 aromatic rings. The average Bonchev–Trinajstić information content (AvgIpc) is 2.32. The van der Waals surface area contributed by atoms with Gasteiger partial charge in [0, 0.05) is 6.04 Å². The molecule has 17 heavy (non-hydrogen) atoms. The van der Waals surface area contributed by atoms with E-state index in [1.165, 1.54) is 0 Å². The molecule has 0 spiro atoms. The third kappa shape index (κ3) is 3.30. The Morgan fingerprint density at radius 1 is 1.29 bits per heavy atom. The van der Waals surface area contributed by atoms with Gasteiger partial charge in [-0.3, -0.25) is 4.79 Å². The maximum Gasteiger partial charge on any atom is 0.195 e. The number of carbonyl (C=O) groups excluding carboxylic acids is 1. The zero-order chi connectivity index (χ0) is 13.0. The first-order valence-corrected chi connectivity index (χ1v) is 5.37. The SMILES string of the molecule is CCC(C)NCC(=O)c1ccc(F)c(F)c1F. The van der Waals surface area contributed by atoms with Crippen molar-refractivity contribution in [3.8, 4) is 0 Å². The number of hydrogen-bond donors (Lipinski definition) is 1. The highest BCUT2D eigenvalue weighted by atomic mass is 19.2. The first kappa shape index (κ1) is 13.7. The number of hydrogen-bond acceptors (Lipinski definition) is 2. The van der Waals surface area contributed by atoms with Gasteiger partial charge < -0.3 is 5.32 Å². The smallest absolute Gasteiger partial charge is 0.195 e. The van der Waals surface area contributed by atoms with E-state index in [0.717, 1.165) is 18.6 Å². The van der Waals surface area contributed by atoms with E-state index in [0.29, 0.717) is 0 Å². The highest BCUT2D eigenvalue weighted by Crippen LogP contribution is 2.15. The summed E-state index contributed by atoms with van der Waals surface area (Å²) in [6.45, 7) is 3.70. The average molecular weight is 245 g/mol. The minimum atomic E-state index is -1.61. The first-order valence-electron chi connectivity index (χ1n) is 5.37. The van der Waals surface area contributed by atoms with Gasteiger partial charge in [0.15, 0.2) is 23.2 Å². The summed E-state index contributed by atoms with van der Waals surface area (Å²) in [6.07, 6.45) is 0.813. The molecule has 0 aromatic heterocycles. The highest BCUT2D eigenvalue weighted by molar-refractivity contribution is 5.97. The number of halogens is 3. The third-order valence-electron chi connectivity index (χ3n) is 2.56. The van der Waals surface area contributed by atoms with Crippen LogP contribution in [0.2, 0.25) is 0 Å². The van der Waals surface area contributed by atoms with E-state index in [4.69, 9.17) is 0 Å². The summed E-state index contributed by atoms with van der Waals surface area (Å²) in [5.74, 6) is -4.93. The summed E-state index contributed by atoms with van der Waals surface area (Å²) in [5, 5.41) is 2.86. The Morgan fingerprint density at radius 2 is 1.94 bits per heavy atom. The van der Waals surface area contributed by atoms with Gasteiger partial charge in [-0.2, -0.15) is 0 Å². The van der Waals surface area contributed by atoms with Crippen molar-refractivity contribution in [2.24, 2.45) is 0 Å². The zero-order valence-corrected chi connectivity index (χ0v) is 9.69. The van der Waals surface area contributed by atoms with Gasteiger partial charge in [-0.05, 0) is 25.5 Å². The summed E-state index contributed by atoms with van der Waals surface area (Å²) < 4.78 is 38.8. The fourth-order valence-corrected chi connectivity index (χ4v) is 1.25. The molecule has 1 atom stereocenters. The van der Waals surface area contributed by atoms with E-state index >= 15 is 0 Å². The molecule has 0 saturated carbocycles. The van der Waals surface area contributed by atoms with Crippen LogP contribution in [0.5, 0.6) is 0 Å². The molecule has 1 aromatic carbocycles. The van der Waals surface area contributed by atoms with E-state index in [1.54, 1.807) is 0 Å². The first-order chi connectivity index (χ1) is 7.97. The molecular formula is C12H14F3NO. The van der Waals surface area contributed by atoms with Gasteiger partial charge in [0.25, 0.3) is 0 Å². The monoisotopic (exact) mass is 245 g/mol. The van der Waals surface area contributed by atoms with Crippen LogP contribution in [0, 0.1) is 17.5 Å². The molecular weight excluding hydrogens is 231 g/mol. The van der Waals surface area contributed by atoms with Crippen molar-refractivity contribution in [2.75, 3.05) is 6.54 Å². The maximum atomic E-state index is 13.3. The molecule has 0 bridgehead atoms. The predicted octanol–water partition coefficient (Wildman–Crippen LogP) is 2.67. The van der Waals surface area contributed by atoms with Crippen molar-refractivity contribution < 1.29 is 18.0 Å². The molecule has 0 heterocycles. The van der Waals surface area contributed by atoms with Crippen LogP contribution in [0.15, 0.2) is 12.1 Å². The van der Waals surface area contributed by atoms with Crippen LogP contribution >= 0.6 is 0 Å². The topological polar surface area (TPSA) is 29.1 Å². The fraction of sp³-hybridized carbons (Fsp3) is 0.417. The Morgan fingerprint density at radius 3 is 2.53 bits per heavy atom. The molecule has 0 aliphatic heterocycles. The molecule has 0 aliphatic carbocycles. The van der Waals surface area contributed by atoms with E-state index in [9.17, 15) is 18.0 Å². The normalized spacial score (nSPS) is 12.5. The Kier molecular flexibility index (Phi) is 4.69. The van der Waals surface area contributed by atoms with Crippen LogP contribution in [0.25, 0.3) is 0 Å². The molecule has 0 amide bonds. The molecule has 2 nitrogen and oxygen atoms in total. The van der Waals surface area contributed by atoms with E-state index in [-0.39, 0.29) is 12.6 Å². The van der Waals surface area contributed by atoms with Crippen LogP contribution in [-0.4, -0.2) is 18.4 Å². The minimum Gasteiger partial charge on any atom is -0.307 e. The summed E-state index contributed by atoms with van der Waals surface area (Å²) in [7, 11) is 0. The standard InChI is InChI=1S/C12H14F3NO/c1-3-7(2)16-6-10(17)8-4-5-9(13)12(15)11(8)14/h4-5,7,16H,3,6H2,1-2H3. The molecule has 0 saturated heterocycles. The molecule has 1 unspecified atom stereocenters. The minimum absolute atomic E-state index is 0.100. The lowest BCUT2D eigenvalue weighted by Gasteiger charge is -2.10. The number of benzene rings is 1. The van der Waals surface area contributed by atoms with Gasteiger partial charge in [0.1, 0.15) is 0 Å². The highest BCUT2D eigenvalue weighted by Gasteiger charge is 2.18. The Hall–Kier alpha value is -1.36. The van der Waals surface area contributed by atoms with E-state index in [1.807, 2.05) is 13.8 Å². The summed E-state index contributed by atoms with van der Waals surface area (Å²) in [6, 6.07) is 1.80. The number of nitrogens with one attached hydrogen (secondary N) is 1. The Labute approximate surface area is 97.8 Å². The Bertz CT molecular complexity index is 420. The van der Waals surface area contributed by atoms with Crippen LogP contribution in [0.3, 0.4) is 0 Å². The lowest BCUT2D eigenvalue weighted by Crippen LogP contribution is -2.31. The van der Waals surface area contributed by atoms with Gasteiger partial charge in [-0.1, -0.05) is 6.92 Å². The third-order valence-corrected chi connectivity index (χ3v) is 2.56. The van der Waals surface area contributed by atoms with Gasteiger partial charge in [-0.25, -0.2) is 13.2 Å². The molecule has 1 N–H and O–H groups in total. The Balaban J connectivity index is 2.80. The molecule has 94 valence electrons. The molecule has 0 aliphatic rings. The number of carbonyl (C=O) groups is 1. The second-order valence-corrected chi connectivity index (χ2v) is 3.84. The van der Waals surface area contributed by atoms with Gasteiger partial charge >= 0.3 is 0 Å². The summed E-state index contributed by atoms with van der Waals surface area (Å²) in [5.41, 5.74) is -0.431. The van der Waals surface area contributed by atoms with E-state index < -0.39 is 28.8 Å². The predicted molar refractivity (Wildman–Crippen MR) is 58.4 cm³/mol. The molecule has 1 rings (SSSR count). The van der Waals surface area contributed by atoms with Crippen molar-refractivity contribution in [3.63, 3.8) is 0 Å². The second-order valence-electron chi connectivity index (χ2n) is 3.84. The fourth-order valence-electron chi connectivity index (χ4n) is 1.25. The molecule has 0 radical (unpaired) electrons. The van der Waals surface area contributed by atoms with Crippen LogP contribution in [-0.2, 0) is 0 Å². The maximum absolute atomic E-state index is 13.3. The number of ketones is 1. The van der Waals surface area contributed by atoms with Crippen molar-refractivity contribution in [2.45, 2.75) is 26.3 Å². The van der Waals surface area contributed by atoms with E-state index in [2.05, 4.69) is 5.32 Å². The van der Waals surface area contributed by atoms with Crippen LogP contribution < -0.4 is 5.32 Å². The largest absolute Gasteiger partial charge is 0.307 e. The van der Waals surface area contributed by atoms with Gasteiger partial charge in [0.2, 0.25) is 0 Å². The zero-order valence-electron chi connectivity index (χ0n) is 9.69. The number of rotatable bonds is 5. The van der Waals surface area contributed by atoms with Crippen LogP contribution in [0.1, 0.15) is 30.6 Å². The van der Waals surface area contributed by atoms with Gasteiger partial charge in [0.05, 0.1) is 12.1 Å². The van der Waals surface area contributed by atoms with Crippen molar-refractivity contribution in [1.82, 2.24) is 5.32 Å². The summed E-state index contributed by atoms with van der Waals surface area (Å²) >= 11 is 0. The van der Waals surface area contributed by atoms with Crippen molar-refractivity contribution in [3.05, 3.63) is 35.1 Å². The van der Waals surface area contributed by atoms with Gasteiger partial charge in [-0.15, -0.1) is 0 Å². The van der Waals surface area contributed by atoms with Crippen molar-refractivity contribution in [1.29, 1.82) is 0 Å². The number of Topliss-reactive ketones (excluding diaryl/α,β-unsaturated/α-hetero) is 1. The quantitative estimate of drug-likeness (QED) is 0.638. The lowest BCUT2D eigenvalue weighted by molar-refractivity contribution is 0.0982. The lowest BCUT2D eigenvalue weighted by atomic mass is 10.1. The molecule has 5 heteroatoms. The van der Waals surface area contributed by atoms with Crippen LogP contribution in [0.4, 0.5) is 13.2 Å². The van der Waals surface area contributed by atoms with Crippen molar-refractivity contribution >= 4 is 5.78 Å². The second kappa shape index (κ2) is 5.82.